The van der Waals surface area contributed by atoms with Crippen molar-refractivity contribution in [3.05, 3.63) is 59.7 Å². The third-order valence-corrected chi connectivity index (χ3v) is 71.8. The molecule has 1 aliphatic carbocycles. The molecule has 0 aliphatic heterocycles. The summed E-state index contributed by atoms with van der Waals surface area (Å²) in [5.74, 6) is 0. The standard InChI is InChI=1S/C13H9.C5H15OSi2.C4H10N.2ClH.Ti/c1-3-7-12-10(5-1)9-11-6-2-4-8-13(11)12;1-7(2)8(3)5-4-6;1-4(2,3)5;;;/h1-9H;6-7H,4-5H2,1-3H3;5H,1-3H3;2*1H;/q;;-1;;;+3/p-2. The summed E-state index contributed by atoms with van der Waals surface area (Å²) in [6.45, 7) is 13.8. The monoisotopic (exact) mass is 502 g/mol. The van der Waals surface area contributed by atoms with Gasteiger partial charge in [-0.25, -0.2) is 0 Å². The topological polar surface area (TPSA) is 32.3 Å². The van der Waals surface area contributed by atoms with E-state index in [1.54, 1.807) is 0 Å². The van der Waals surface area contributed by atoms with Gasteiger partial charge in [-0.2, -0.15) is 0 Å². The molecule has 29 heavy (non-hydrogen) atoms. The minimum atomic E-state index is -4.50. The van der Waals surface area contributed by atoms with Crippen LogP contribution in [0.15, 0.2) is 48.5 Å². The van der Waals surface area contributed by atoms with Crippen LogP contribution in [0.25, 0.3) is 11.1 Å². The molecule has 1 aliphatic rings. The minimum absolute atomic E-state index is 0.0000694. The summed E-state index contributed by atoms with van der Waals surface area (Å²) in [4.78, 5) is 0. The molecule has 0 bridgehead atoms. The van der Waals surface area contributed by atoms with Gasteiger partial charge in [0.05, 0.1) is 0 Å². The number of aliphatic hydroxyl groups is 1. The van der Waals surface area contributed by atoms with Crippen LogP contribution in [0.1, 0.15) is 36.1 Å². The molecule has 0 radical (unpaired) electrons. The van der Waals surface area contributed by atoms with Crippen LogP contribution in [-0.4, -0.2) is 31.0 Å². The van der Waals surface area contributed by atoms with E-state index in [9.17, 15) is 5.11 Å². The second kappa shape index (κ2) is 7.90. The molecule has 0 saturated carbocycles. The van der Waals surface area contributed by atoms with Crippen molar-refractivity contribution in [3.63, 3.8) is 0 Å². The summed E-state index contributed by atoms with van der Waals surface area (Å²) in [5, 5.41) is 10.1. The van der Waals surface area contributed by atoms with Crippen molar-refractivity contribution in [2.24, 2.45) is 0 Å². The predicted octanol–water partition coefficient (Wildman–Crippen LogP) is 6.19. The van der Waals surface area contributed by atoms with E-state index in [1.807, 2.05) is 0 Å². The molecule has 159 valence electrons. The zero-order valence-corrected chi connectivity index (χ0v) is 23.6. The number of nitrogens with one attached hydrogen (secondary N) is 1. The molecule has 0 heterocycles. The molecular weight excluding hydrogens is 469 g/mol. The van der Waals surface area contributed by atoms with Crippen molar-refractivity contribution < 1.29 is 17.8 Å². The molecule has 0 aromatic heterocycles. The Balaban J connectivity index is 2.40. The van der Waals surface area contributed by atoms with E-state index in [0.29, 0.717) is 0 Å². The summed E-state index contributed by atoms with van der Waals surface area (Å²) >= 11 is -4.50. The molecule has 2 aromatic carbocycles. The van der Waals surface area contributed by atoms with Crippen LogP contribution in [0.4, 0.5) is 0 Å². The van der Waals surface area contributed by atoms with E-state index >= 15 is 0 Å². The van der Waals surface area contributed by atoms with Crippen molar-refractivity contribution in [2.45, 2.75) is 56.2 Å². The normalized spacial score (nSPS) is 18.1. The molecule has 2 aromatic rings. The Hall–Kier alpha value is 0.0881. The number of benzene rings is 2. The van der Waals surface area contributed by atoms with Crippen LogP contribution >= 0.6 is 18.6 Å². The maximum absolute atomic E-state index is 10.1. The zero-order chi connectivity index (χ0) is 21.7. The van der Waals surface area contributed by atoms with Crippen LogP contribution in [0, 0.1) is 0 Å². The number of aliphatic hydroxyl groups excluding tert-OH is 1. The molecule has 2 nitrogen and oxygen atoms in total. The van der Waals surface area contributed by atoms with E-state index in [4.69, 9.17) is 18.6 Å². The summed E-state index contributed by atoms with van der Waals surface area (Å²) in [6, 6.07) is 18.0. The Kier molecular flexibility index (Phi) is 6.47. The van der Waals surface area contributed by atoms with Gasteiger partial charge in [0, 0.05) is 0 Å². The predicted molar refractivity (Wildman–Crippen MR) is 131 cm³/mol. The van der Waals surface area contributed by atoms with E-state index in [2.05, 4.69) is 92.7 Å². The van der Waals surface area contributed by atoms with Gasteiger partial charge in [0.15, 0.2) is 0 Å². The molecule has 2 N–H and O–H groups in total. The van der Waals surface area contributed by atoms with Gasteiger partial charge in [-0.3, -0.25) is 0 Å². The van der Waals surface area contributed by atoms with Gasteiger partial charge in [-0.15, -0.1) is 0 Å². The first-order chi connectivity index (χ1) is 13.3. The first kappa shape index (κ1) is 23.7. The summed E-state index contributed by atoms with van der Waals surface area (Å²) in [6.07, 6.45) is 0. The third-order valence-electron chi connectivity index (χ3n) is 6.90. The second-order valence-electron chi connectivity index (χ2n) is 10.1. The quantitative estimate of drug-likeness (QED) is 0.461. The van der Waals surface area contributed by atoms with E-state index in [0.717, 1.165) is 6.04 Å². The molecule has 3 rings (SSSR count). The van der Waals surface area contributed by atoms with Gasteiger partial charge in [-0.05, 0) is 0 Å². The van der Waals surface area contributed by atoms with Gasteiger partial charge in [-0.1, -0.05) is 0 Å². The van der Waals surface area contributed by atoms with Crippen molar-refractivity contribution >= 4 is 32.4 Å². The Morgan fingerprint density at radius 2 is 1.45 bits per heavy atom. The average Bonchev–Trinajstić information content (AvgIpc) is 2.95. The average molecular weight is 503 g/mol. The van der Waals surface area contributed by atoms with E-state index in [-0.39, 0.29) is 16.4 Å². The van der Waals surface area contributed by atoms with Crippen molar-refractivity contribution in [2.75, 3.05) is 6.61 Å². The second-order valence-corrected chi connectivity index (χ2v) is 49.9. The third kappa shape index (κ3) is 3.78. The van der Waals surface area contributed by atoms with E-state index in [1.165, 1.54) is 22.3 Å². The fourth-order valence-electron chi connectivity index (χ4n) is 5.21. The van der Waals surface area contributed by atoms with Crippen LogP contribution in [0.2, 0.25) is 25.7 Å². The zero-order valence-electron chi connectivity index (χ0n) is 18.4. The molecule has 7 heteroatoms. The van der Waals surface area contributed by atoms with Crippen LogP contribution < -0.4 is 3.80 Å². The molecule has 0 saturated heterocycles. The Labute approximate surface area is 186 Å². The Bertz CT molecular complexity index is 870. The number of rotatable bonds is 6. The maximum atomic E-state index is 10.1. The molecule has 1 unspecified atom stereocenters. The van der Waals surface area contributed by atoms with Gasteiger partial charge in [0.2, 0.25) is 0 Å². The van der Waals surface area contributed by atoms with E-state index < -0.39 is 26.5 Å². The van der Waals surface area contributed by atoms with Gasteiger partial charge < -0.3 is 0 Å². The van der Waals surface area contributed by atoms with Crippen LogP contribution in [-0.2, 0) is 12.7 Å². The number of hydrogen-bond donors (Lipinski definition) is 2. The first-order valence-electron chi connectivity index (χ1n) is 10.5. The Morgan fingerprint density at radius 1 is 1.00 bits per heavy atom. The number of halogens is 2. The first-order valence-corrected chi connectivity index (χ1v) is 25.7. The van der Waals surface area contributed by atoms with Gasteiger partial charge in [0.25, 0.3) is 0 Å². The fourth-order valence-corrected chi connectivity index (χ4v) is 69.4. The van der Waals surface area contributed by atoms with Crippen molar-refractivity contribution in [1.29, 1.82) is 0 Å². The molecule has 0 amide bonds. The number of fused-ring (bicyclic) bond motifs is 3. The molecule has 0 fully saturated rings. The van der Waals surface area contributed by atoms with Gasteiger partial charge >= 0.3 is 188 Å². The molecule has 1 atom stereocenters. The SMILES string of the molecule is C[SiH](C)[Si](C)(CCO)[Ti]([Cl])([Cl])([NH]C(C)(C)C)[CH]1c2ccccc2-c2ccccc21. The van der Waals surface area contributed by atoms with Gasteiger partial charge in [0.1, 0.15) is 0 Å². The Morgan fingerprint density at radius 3 is 1.83 bits per heavy atom. The van der Waals surface area contributed by atoms with Crippen LogP contribution in [0.3, 0.4) is 0 Å². The molecular formula is C22H34Cl2NOSi2Ti. The number of hydrogen-bond acceptors (Lipinski definition) is 2. The van der Waals surface area contributed by atoms with Crippen molar-refractivity contribution in [3.8, 4) is 11.1 Å². The fraction of sp³-hybridized carbons (Fsp3) is 0.455. The van der Waals surface area contributed by atoms with Crippen LogP contribution in [0.5, 0.6) is 0 Å². The molecule has 0 spiro atoms. The summed E-state index contributed by atoms with van der Waals surface area (Å²) in [7, 11) is 14.9. The summed E-state index contributed by atoms with van der Waals surface area (Å²) in [5.41, 5.74) is 2.61. The van der Waals surface area contributed by atoms with Crippen molar-refractivity contribution in [1.82, 2.24) is 3.80 Å². The summed E-state index contributed by atoms with van der Waals surface area (Å²) < 4.78 is 3.95.